The van der Waals surface area contributed by atoms with Gasteiger partial charge < -0.3 is 9.84 Å². The van der Waals surface area contributed by atoms with Gasteiger partial charge in [-0.15, -0.1) is 0 Å². The molecule has 0 aliphatic rings. The number of aromatic nitrogens is 1. The number of pyridine rings is 1. The van der Waals surface area contributed by atoms with E-state index in [-0.39, 0.29) is 12.5 Å². The predicted molar refractivity (Wildman–Crippen MR) is 91.4 cm³/mol. The minimum absolute atomic E-state index is 0.0530. The van der Waals surface area contributed by atoms with Crippen molar-refractivity contribution in [2.24, 2.45) is 0 Å². The van der Waals surface area contributed by atoms with Gasteiger partial charge in [-0.2, -0.15) is 0 Å². The highest BCUT2D eigenvalue weighted by molar-refractivity contribution is 14.1. The van der Waals surface area contributed by atoms with E-state index >= 15 is 0 Å². The number of fused-ring (bicyclic) bond motifs is 1. The molecule has 4 nitrogen and oxygen atoms in total. The summed E-state index contributed by atoms with van der Waals surface area (Å²) in [5.41, 5.74) is 0.585. The zero-order valence-electron chi connectivity index (χ0n) is 11.1. The monoisotopic (exact) mass is 439 g/mol. The highest BCUT2D eigenvalue weighted by atomic mass is 127. The van der Waals surface area contributed by atoms with E-state index in [4.69, 9.17) is 33.0 Å². The summed E-state index contributed by atoms with van der Waals surface area (Å²) in [6.45, 7) is 1.82. The van der Waals surface area contributed by atoms with E-state index in [1.165, 1.54) is 0 Å². The predicted octanol–water partition coefficient (Wildman–Crippen LogP) is 4.78. The molecule has 112 valence electrons. The summed E-state index contributed by atoms with van der Waals surface area (Å²) in [7, 11) is 0. The van der Waals surface area contributed by atoms with Crippen molar-refractivity contribution in [3.8, 4) is 5.75 Å². The van der Waals surface area contributed by atoms with E-state index in [0.717, 1.165) is 8.96 Å². The molecule has 2 rings (SSSR count). The largest absolute Gasteiger partial charge is 0.487 e. The molecule has 0 fully saturated rings. The molecular weight excluding hydrogens is 428 g/mol. The van der Waals surface area contributed by atoms with Crippen LogP contribution in [0.3, 0.4) is 0 Å². The number of halogens is 3. The van der Waals surface area contributed by atoms with Crippen LogP contribution in [0.4, 0.5) is 0 Å². The Kier molecular flexibility index (Phi) is 5.51. The van der Waals surface area contributed by atoms with Crippen LogP contribution in [0.5, 0.6) is 5.75 Å². The molecule has 2 aromatic rings. The van der Waals surface area contributed by atoms with E-state index in [2.05, 4.69) is 27.6 Å². The zero-order chi connectivity index (χ0) is 15.6. The lowest BCUT2D eigenvalue weighted by Crippen LogP contribution is -2.14. The van der Waals surface area contributed by atoms with Crippen molar-refractivity contribution in [2.75, 3.05) is 0 Å². The first-order valence-corrected chi connectivity index (χ1v) is 8.04. The van der Waals surface area contributed by atoms with Crippen LogP contribution in [0.1, 0.15) is 19.8 Å². The molecule has 0 aliphatic heterocycles. The van der Waals surface area contributed by atoms with Gasteiger partial charge in [-0.3, -0.25) is 4.79 Å². The maximum absolute atomic E-state index is 10.6. The Morgan fingerprint density at radius 1 is 1.48 bits per heavy atom. The van der Waals surface area contributed by atoms with Crippen molar-refractivity contribution in [2.45, 2.75) is 25.9 Å². The Hall–Kier alpha value is -0.790. The molecule has 0 spiro atoms. The molecule has 1 atom stereocenters. The Morgan fingerprint density at radius 3 is 2.86 bits per heavy atom. The second kappa shape index (κ2) is 6.98. The van der Waals surface area contributed by atoms with Crippen LogP contribution in [0.25, 0.3) is 10.9 Å². The van der Waals surface area contributed by atoms with Crippen molar-refractivity contribution in [3.63, 3.8) is 0 Å². The molecule has 1 heterocycles. The number of carboxylic acids is 1. The molecule has 1 unspecified atom stereocenters. The highest BCUT2D eigenvalue weighted by Crippen LogP contribution is 2.36. The lowest BCUT2D eigenvalue weighted by Gasteiger charge is -2.17. The van der Waals surface area contributed by atoms with E-state index in [1.54, 1.807) is 18.2 Å². The van der Waals surface area contributed by atoms with Gasteiger partial charge in [0.05, 0.1) is 14.7 Å². The first kappa shape index (κ1) is 16.6. The van der Waals surface area contributed by atoms with Crippen LogP contribution in [0.2, 0.25) is 10.2 Å². The third kappa shape index (κ3) is 4.11. The molecule has 21 heavy (non-hydrogen) atoms. The Labute approximate surface area is 145 Å². The lowest BCUT2D eigenvalue weighted by atomic mass is 10.2. The van der Waals surface area contributed by atoms with Gasteiger partial charge in [-0.25, -0.2) is 4.98 Å². The van der Waals surface area contributed by atoms with Crippen LogP contribution >= 0.6 is 45.8 Å². The van der Waals surface area contributed by atoms with Crippen molar-refractivity contribution < 1.29 is 14.6 Å². The SMILES string of the molecule is CC(CCC(=O)O)Oc1c(I)cc(Cl)c2ccc(Cl)nc12. The average molecular weight is 440 g/mol. The summed E-state index contributed by atoms with van der Waals surface area (Å²) in [6, 6.07) is 5.25. The Bertz CT molecular complexity index is 693. The summed E-state index contributed by atoms with van der Waals surface area (Å²) in [6.07, 6.45) is 0.216. The molecule has 0 aliphatic carbocycles. The maximum atomic E-state index is 10.6. The van der Waals surface area contributed by atoms with Gasteiger partial charge in [0.2, 0.25) is 0 Å². The van der Waals surface area contributed by atoms with Crippen LogP contribution in [0, 0.1) is 3.57 Å². The van der Waals surface area contributed by atoms with Crippen LogP contribution in [0.15, 0.2) is 18.2 Å². The average Bonchev–Trinajstić information content (AvgIpc) is 2.40. The fraction of sp³-hybridized carbons (Fsp3) is 0.286. The molecule has 0 saturated heterocycles. The van der Waals surface area contributed by atoms with Gasteiger partial charge in [0, 0.05) is 11.8 Å². The van der Waals surface area contributed by atoms with Gasteiger partial charge >= 0.3 is 5.97 Å². The fourth-order valence-electron chi connectivity index (χ4n) is 1.87. The molecule has 0 saturated carbocycles. The molecule has 0 amide bonds. The number of benzene rings is 1. The fourth-order valence-corrected chi connectivity index (χ4v) is 3.15. The molecule has 0 radical (unpaired) electrons. The summed E-state index contributed by atoms with van der Waals surface area (Å²) in [5.74, 6) is -0.266. The first-order valence-electron chi connectivity index (χ1n) is 6.21. The number of rotatable bonds is 5. The molecule has 0 bridgehead atoms. The minimum Gasteiger partial charge on any atom is -0.487 e. The number of carbonyl (C=O) groups is 1. The number of carboxylic acid groups (broad SMARTS) is 1. The maximum Gasteiger partial charge on any atom is 0.303 e. The Balaban J connectivity index is 2.38. The molecule has 1 aromatic carbocycles. The van der Waals surface area contributed by atoms with Crippen LogP contribution in [-0.4, -0.2) is 22.2 Å². The van der Waals surface area contributed by atoms with Crippen LogP contribution in [-0.2, 0) is 4.79 Å². The topological polar surface area (TPSA) is 59.4 Å². The van der Waals surface area contributed by atoms with Crippen molar-refractivity contribution >= 4 is 62.7 Å². The van der Waals surface area contributed by atoms with Gasteiger partial charge in [-0.05, 0) is 54.1 Å². The van der Waals surface area contributed by atoms with Gasteiger partial charge in [-0.1, -0.05) is 23.2 Å². The number of hydrogen-bond donors (Lipinski definition) is 1. The summed E-state index contributed by atoms with van der Waals surface area (Å²) in [5, 5.41) is 10.4. The number of nitrogens with zero attached hydrogens (tertiary/aromatic N) is 1. The van der Waals surface area contributed by atoms with E-state index < -0.39 is 5.97 Å². The normalized spacial score (nSPS) is 12.4. The molecule has 1 N–H and O–H groups in total. The number of aliphatic carboxylic acids is 1. The third-order valence-corrected chi connectivity index (χ3v) is 4.21. The van der Waals surface area contributed by atoms with E-state index in [9.17, 15) is 4.79 Å². The second-order valence-electron chi connectivity index (χ2n) is 4.56. The second-order valence-corrected chi connectivity index (χ2v) is 6.52. The summed E-state index contributed by atoms with van der Waals surface area (Å²) in [4.78, 5) is 14.9. The quantitative estimate of drug-likeness (QED) is 0.538. The molecule has 7 heteroatoms. The first-order chi connectivity index (χ1) is 9.88. The molecular formula is C14H12Cl2INO3. The number of hydrogen-bond acceptors (Lipinski definition) is 3. The summed E-state index contributed by atoms with van der Waals surface area (Å²) >= 11 is 14.3. The standard InChI is InChI=1S/C14H12Cl2INO3/c1-7(2-5-12(19)20)21-14-10(17)6-9(15)8-3-4-11(16)18-13(8)14/h3-4,6-7H,2,5H2,1H3,(H,19,20). The van der Waals surface area contributed by atoms with E-state index in [0.29, 0.717) is 27.9 Å². The zero-order valence-corrected chi connectivity index (χ0v) is 14.7. The third-order valence-electron chi connectivity index (χ3n) is 2.89. The smallest absolute Gasteiger partial charge is 0.303 e. The van der Waals surface area contributed by atoms with Gasteiger partial charge in [0.25, 0.3) is 0 Å². The summed E-state index contributed by atoms with van der Waals surface area (Å²) < 4.78 is 6.68. The minimum atomic E-state index is -0.845. The van der Waals surface area contributed by atoms with E-state index in [1.807, 2.05) is 6.92 Å². The highest BCUT2D eigenvalue weighted by Gasteiger charge is 2.16. The van der Waals surface area contributed by atoms with Crippen molar-refractivity contribution in [3.05, 3.63) is 31.9 Å². The van der Waals surface area contributed by atoms with Gasteiger partial charge in [0.15, 0.2) is 5.75 Å². The molecule has 1 aromatic heterocycles. The van der Waals surface area contributed by atoms with Crippen LogP contribution < -0.4 is 4.74 Å². The van der Waals surface area contributed by atoms with Gasteiger partial charge in [0.1, 0.15) is 10.7 Å². The van der Waals surface area contributed by atoms with Crippen molar-refractivity contribution in [1.82, 2.24) is 4.98 Å². The number of ether oxygens (including phenoxy) is 1. The lowest BCUT2D eigenvalue weighted by molar-refractivity contribution is -0.137. The Morgan fingerprint density at radius 2 is 2.19 bits per heavy atom. The van der Waals surface area contributed by atoms with Crippen molar-refractivity contribution in [1.29, 1.82) is 0 Å².